The first-order chi connectivity index (χ1) is 12.1. The van der Waals surface area contributed by atoms with E-state index in [-0.39, 0.29) is 17.8 Å². The summed E-state index contributed by atoms with van der Waals surface area (Å²) in [5, 5.41) is 18.9. The van der Waals surface area contributed by atoms with Crippen LogP contribution in [0.15, 0.2) is 36.0 Å². The second-order valence-electron chi connectivity index (χ2n) is 5.90. The van der Waals surface area contributed by atoms with E-state index in [0.29, 0.717) is 4.90 Å². The predicted octanol–water partition coefficient (Wildman–Crippen LogP) is -0.274. The molecule has 136 valence electrons. The van der Waals surface area contributed by atoms with Crippen molar-refractivity contribution in [3.05, 3.63) is 36.0 Å². The van der Waals surface area contributed by atoms with Crippen LogP contribution in [0.1, 0.15) is 13.3 Å². The molecular formula is C17H15NO8. The van der Waals surface area contributed by atoms with Crippen LogP contribution in [-0.2, 0) is 28.8 Å². The van der Waals surface area contributed by atoms with Gasteiger partial charge < -0.3 is 10.2 Å². The SMILES string of the molecule is C/C(=C\[C@H](C(=O)O)[C@@H](C(=O)O)N1C(=O)C=CC1=O)C1CC(=O)C=CC1=O. The molecule has 0 fully saturated rings. The number of carboxylic acid groups (broad SMARTS) is 2. The van der Waals surface area contributed by atoms with Crippen molar-refractivity contribution >= 4 is 35.3 Å². The molecule has 1 aliphatic carbocycles. The minimum Gasteiger partial charge on any atom is -0.481 e. The van der Waals surface area contributed by atoms with Gasteiger partial charge in [-0.2, -0.15) is 0 Å². The number of carbonyl (C=O) groups excluding carboxylic acids is 4. The second kappa shape index (κ2) is 7.26. The van der Waals surface area contributed by atoms with Crippen molar-refractivity contribution in [2.45, 2.75) is 19.4 Å². The van der Waals surface area contributed by atoms with Crippen LogP contribution >= 0.6 is 0 Å². The highest BCUT2D eigenvalue weighted by molar-refractivity contribution is 6.15. The maximum absolute atomic E-state index is 11.9. The van der Waals surface area contributed by atoms with Crippen molar-refractivity contribution < 1.29 is 39.0 Å². The van der Waals surface area contributed by atoms with Crippen LogP contribution in [0, 0.1) is 11.8 Å². The minimum atomic E-state index is -1.98. The third kappa shape index (κ3) is 3.66. The number of carboxylic acids is 2. The van der Waals surface area contributed by atoms with E-state index >= 15 is 0 Å². The third-order valence-corrected chi connectivity index (χ3v) is 4.17. The third-order valence-electron chi connectivity index (χ3n) is 4.17. The lowest BCUT2D eigenvalue weighted by Gasteiger charge is -2.27. The number of aliphatic carboxylic acids is 2. The number of carbonyl (C=O) groups is 6. The molecule has 1 aliphatic heterocycles. The summed E-state index contributed by atoms with van der Waals surface area (Å²) >= 11 is 0. The van der Waals surface area contributed by atoms with E-state index in [4.69, 9.17) is 0 Å². The van der Waals surface area contributed by atoms with Gasteiger partial charge in [0.15, 0.2) is 17.6 Å². The molecule has 2 aliphatic rings. The molecule has 0 radical (unpaired) electrons. The number of hydrogen-bond acceptors (Lipinski definition) is 6. The Labute approximate surface area is 147 Å². The molecule has 0 aromatic carbocycles. The zero-order chi connectivity index (χ0) is 19.6. The lowest BCUT2D eigenvalue weighted by molar-refractivity contribution is -0.159. The summed E-state index contributed by atoms with van der Waals surface area (Å²) < 4.78 is 0. The summed E-state index contributed by atoms with van der Waals surface area (Å²) in [7, 11) is 0. The van der Waals surface area contributed by atoms with Crippen molar-refractivity contribution in [3.63, 3.8) is 0 Å². The molecule has 2 N–H and O–H groups in total. The van der Waals surface area contributed by atoms with Crippen LogP contribution in [0.4, 0.5) is 0 Å². The Morgan fingerprint density at radius 3 is 2.12 bits per heavy atom. The van der Waals surface area contributed by atoms with E-state index < -0.39 is 47.4 Å². The summed E-state index contributed by atoms with van der Waals surface area (Å²) in [6.45, 7) is 1.40. The molecule has 1 heterocycles. The van der Waals surface area contributed by atoms with Crippen LogP contribution in [0.25, 0.3) is 0 Å². The smallest absolute Gasteiger partial charge is 0.328 e. The van der Waals surface area contributed by atoms with Crippen molar-refractivity contribution in [1.29, 1.82) is 0 Å². The molecule has 0 saturated carbocycles. The van der Waals surface area contributed by atoms with Gasteiger partial charge in [0.1, 0.15) is 5.92 Å². The Bertz CT molecular complexity index is 786. The summed E-state index contributed by atoms with van der Waals surface area (Å²) in [5.41, 5.74) is 0.179. The topological polar surface area (TPSA) is 146 Å². The van der Waals surface area contributed by atoms with Crippen molar-refractivity contribution in [2.24, 2.45) is 11.8 Å². The standard InChI is InChI=1S/C17H15NO8/c1-8(10-7-9(19)2-3-12(10)20)6-11(16(23)24)15(17(25)26)18-13(21)4-5-14(18)22/h2-6,10-11,15H,7H2,1H3,(H,23,24)(H,25,26)/b8-6+/t10?,11-,15-/m0/s1. The fraction of sp³-hybridized carbons (Fsp3) is 0.294. The lowest BCUT2D eigenvalue weighted by atomic mass is 9.84. The monoisotopic (exact) mass is 361 g/mol. The number of ketones is 2. The van der Waals surface area contributed by atoms with Crippen molar-refractivity contribution in [3.8, 4) is 0 Å². The van der Waals surface area contributed by atoms with Gasteiger partial charge in [-0.1, -0.05) is 11.6 Å². The number of nitrogens with zero attached hydrogens (tertiary/aromatic N) is 1. The number of imide groups is 1. The Kier molecular flexibility index (Phi) is 5.30. The maximum Gasteiger partial charge on any atom is 0.328 e. The van der Waals surface area contributed by atoms with Gasteiger partial charge in [-0.15, -0.1) is 0 Å². The van der Waals surface area contributed by atoms with Gasteiger partial charge in [0.25, 0.3) is 11.8 Å². The molecular weight excluding hydrogens is 346 g/mol. The van der Waals surface area contributed by atoms with Crippen LogP contribution in [0.2, 0.25) is 0 Å². The van der Waals surface area contributed by atoms with E-state index in [1.54, 1.807) is 0 Å². The molecule has 0 aromatic rings. The molecule has 3 atom stereocenters. The molecule has 26 heavy (non-hydrogen) atoms. The van der Waals surface area contributed by atoms with Gasteiger partial charge in [-0.25, -0.2) is 4.79 Å². The molecule has 1 unspecified atom stereocenters. The molecule has 0 spiro atoms. The normalized spacial score (nSPS) is 22.7. The van der Waals surface area contributed by atoms with E-state index in [1.165, 1.54) is 6.92 Å². The Morgan fingerprint density at radius 1 is 1.04 bits per heavy atom. The molecule has 0 saturated heterocycles. The number of hydrogen-bond donors (Lipinski definition) is 2. The largest absolute Gasteiger partial charge is 0.481 e. The lowest BCUT2D eigenvalue weighted by Crippen LogP contribution is -2.51. The van der Waals surface area contributed by atoms with E-state index in [0.717, 1.165) is 30.4 Å². The number of allylic oxidation sites excluding steroid dienone is 3. The van der Waals surface area contributed by atoms with Gasteiger partial charge in [0.2, 0.25) is 0 Å². The molecule has 0 bridgehead atoms. The fourth-order valence-corrected chi connectivity index (χ4v) is 2.85. The van der Waals surface area contributed by atoms with Crippen LogP contribution in [0.3, 0.4) is 0 Å². The first-order valence-corrected chi connectivity index (χ1v) is 7.57. The Morgan fingerprint density at radius 2 is 1.62 bits per heavy atom. The summed E-state index contributed by atoms with van der Waals surface area (Å²) in [5.74, 6) is -8.58. The zero-order valence-electron chi connectivity index (χ0n) is 13.6. The molecule has 2 rings (SSSR count). The van der Waals surface area contributed by atoms with Crippen molar-refractivity contribution in [1.82, 2.24) is 4.90 Å². The average molecular weight is 361 g/mol. The summed E-state index contributed by atoms with van der Waals surface area (Å²) in [4.78, 5) is 70.6. The van der Waals surface area contributed by atoms with Crippen LogP contribution in [-0.4, -0.2) is 56.5 Å². The maximum atomic E-state index is 11.9. The minimum absolute atomic E-state index is 0.162. The fourth-order valence-electron chi connectivity index (χ4n) is 2.85. The Balaban J connectivity index is 2.41. The molecule has 9 nitrogen and oxygen atoms in total. The van der Waals surface area contributed by atoms with Gasteiger partial charge in [-0.3, -0.25) is 28.9 Å². The summed E-state index contributed by atoms with van der Waals surface area (Å²) in [6.07, 6.45) is 4.74. The second-order valence-corrected chi connectivity index (χ2v) is 5.90. The Hall–Kier alpha value is -3.36. The summed E-state index contributed by atoms with van der Waals surface area (Å²) in [6, 6.07) is -1.98. The highest BCUT2D eigenvalue weighted by Crippen LogP contribution is 2.26. The predicted molar refractivity (Wildman–Crippen MR) is 84.6 cm³/mol. The molecule has 2 amide bonds. The van der Waals surface area contributed by atoms with Crippen LogP contribution in [0.5, 0.6) is 0 Å². The zero-order valence-corrected chi connectivity index (χ0v) is 13.6. The first kappa shape index (κ1) is 19.0. The highest BCUT2D eigenvalue weighted by atomic mass is 16.4. The number of amides is 2. The highest BCUT2D eigenvalue weighted by Gasteiger charge is 2.44. The van der Waals surface area contributed by atoms with Crippen LogP contribution < -0.4 is 0 Å². The van der Waals surface area contributed by atoms with Crippen molar-refractivity contribution in [2.75, 3.05) is 0 Å². The quantitative estimate of drug-likeness (QED) is 0.485. The van der Waals surface area contributed by atoms with Gasteiger partial charge >= 0.3 is 11.9 Å². The van der Waals surface area contributed by atoms with E-state index in [2.05, 4.69) is 0 Å². The first-order valence-electron chi connectivity index (χ1n) is 7.57. The van der Waals surface area contributed by atoms with Gasteiger partial charge in [0, 0.05) is 24.5 Å². The van der Waals surface area contributed by atoms with E-state index in [9.17, 15) is 39.0 Å². The molecule has 9 heteroatoms. The van der Waals surface area contributed by atoms with Gasteiger partial charge in [0.05, 0.1) is 0 Å². The molecule has 0 aromatic heterocycles. The average Bonchev–Trinajstić information content (AvgIpc) is 2.88. The van der Waals surface area contributed by atoms with Gasteiger partial charge in [-0.05, 0) is 19.1 Å². The number of rotatable bonds is 6. The van der Waals surface area contributed by atoms with E-state index in [1.807, 2.05) is 0 Å².